The molecule has 0 saturated carbocycles. The predicted octanol–water partition coefficient (Wildman–Crippen LogP) is 3.85. The second-order valence-corrected chi connectivity index (χ2v) is 9.20. The topological polar surface area (TPSA) is 56.6 Å². The van der Waals surface area contributed by atoms with Gasteiger partial charge in [0.15, 0.2) is 0 Å². The third kappa shape index (κ3) is 5.37. The minimum atomic E-state index is 0.126. The molecule has 1 amide bonds. The van der Waals surface area contributed by atoms with E-state index in [0.29, 0.717) is 6.54 Å². The monoisotopic (exact) mass is 468 g/mol. The molecule has 180 valence electrons. The molecule has 35 heavy (non-hydrogen) atoms. The van der Waals surface area contributed by atoms with Crippen LogP contribution in [0, 0.1) is 0 Å². The van der Waals surface area contributed by atoms with E-state index in [1.54, 1.807) is 4.90 Å². The van der Waals surface area contributed by atoms with Gasteiger partial charge >= 0.3 is 0 Å². The highest BCUT2D eigenvalue weighted by Gasteiger charge is 2.19. The predicted molar refractivity (Wildman–Crippen MR) is 142 cm³/mol. The number of benzene rings is 3. The van der Waals surface area contributed by atoms with Crippen LogP contribution in [0.25, 0.3) is 16.7 Å². The van der Waals surface area contributed by atoms with Crippen LogP contribution in [0.5, 0.6) is 0 Å². The number of nitrogens with one attached hydrogen (secondary N) is 1. The van der Waals surface area contributed by atoms with Gasteiger partial charge in [-0.15, -0.1) is 0 Å². The number of nitrogens with zero attached hydrogens (tertiary/aromatic N) is 5. The zero-order chi connectivity index (χ0) is 24.2. The Labute approximate surface area is 206 Å². The number of likely N-dealkylation sites (N-methyl/N-ethyl adjacent to an activating group) is 2. The van der Waals surface area contributed by atoms with Crippen molar-refractivity contribution in [3.8, 4) is 5.69 Å². The summed E-state index contributed by atoms with van der Waals surface area (Å²) in [5.41, 5.74) is 6.32. The Balaban J connectivity index is 1.15. The van der Waals surface area contributed by atoms with Gasteiger partial charge in [0.1, 0.15) is 6.33 Å². The van der Waals surface area contributed by atoms with Crippen molar-refractivity contribution in [2.75, 3.05) is 57.0 Å². The fourth-order valence-electron chi connectivity index (χ4n) is 4.39. The molecule has 1 N–H and O–H groups in total. The van der Waals surface area contributed by atoms with E-state index in [0.717, 1.165) is 60.8 Å². The summed E-state index contributed by atoms with van der Waals surface area (Å²) in [6.45, 7) is 5.11. The standard InChI is InChI=1S/C28H32N6O/c1-31-15-17-33(18-16-31)20-28(35)32(2)24-13-9-23(10-14-24)29-19-22-7-11-25(12-8-22)34-21-30-26-5-3-4-6-27(26)34/h3-14,21,29H,15-20H2,1-2H3. The molecule has 0 aliphatic carbocycles. The van der Waals surface area contributed by atoms with Crippen LogP contribution in [0.2, 0.25) is 0 Å². The number of hydrogen-bond acceptors (Lipinski definition) is 5. The number of hydrogen-bond donors (Lipinski definition) is 1. The molecule has 2 heterocycles. The van der Waals surface area contributed by atoms with Crippen LogP contribution in [0.4, 0.5) is 11.4 Å². The summed E-state index contributed by atoms with van der Waals surface area (Å²) in [4.78, 5) is 23.5. The number of imidazole rings is 1. The first-order valence-electron chi connectivity index (χ1n) is 12.1. The molecule has 7 nitrogen and oxygen atoms in total. The molecule has 4 aromatic rings. The molecule has 1 saturated heterocycles. The molecular formula is C28H32N6O. The second-order valence-electron chi connectivity index (χ2n) is 9.20. The minimum absolute atomic E-state index is 0.126. The molecule has 1 fully saturated rings. The Morgan fingerprint density at radius 1 is 0.943 bits per heavy atom. The number of aromatic nitrogens is 2. The Kier molecular flexibility index (Phi) is 6.79. The van der Waals surface area contributed by atoms with Crippen molar-refractivity contribution in [2.24, 2.45) is 0 Å². The molecule has 0 atom stereocenters. The smallest absolute Gasteiger partial charge is 0.240 e. The lowest BCUT2D eigenvalue weighted by atomic mass is 10.2. The van der Waals surface area contributed by atoms with Gasteiger partial charge in [0, 0.05) is 56.8 Å². The zero-order valence-electron chi connectivity index (χ0n) is 20.4. The molecule has 5 rings (SSSR count). The lowest BCUT2D eigenvalue weighted by Crippen LogP contribution is -2.48. The number of anilines is 2. The van der Waals surface area contributed by atoms with Crippen LogP contribution in [-0.2, 0) is 11.3 Å². The molecule has 3 aromatic carbocycles. The Bertz CT molecular complexity index is 1270. The van der Waals surface area contributed by atoms with Crippen molar-refractivity contribution in [2.45, 2.75) is 6.54 Å². The zero-order valence-corrected chi connectivity index (χ0v) is 20.4. The molecule has 0 radical (unpaired) electrons. The Hall–Kier alpha value is -3.68. The second kappa shape index (κ2) is 10.3. The quantitative estimate of drug-likeness (QED) is 0.447. The highest BCUT2D eigenvalue weighted by molar-refractivity contribution is 5.94. The molecular weight excluding hydrogens is 436 g/mol. The summed E-state index contributed by atoms with van der Waals surface area (Å²) in [6.07, 6.45) is 1.87. The first-order chi connectivity index (χ1) is 17.1. The van der Waals surface area contributed by atoms with Gasteiger partial charge in [0.05, 0.1) is 17.6 Å². The van der Waals surface area contributed by atoms with E-state index in [9.17, 15) is 4.79 Å². The van der Waals surface area contributed by atoms with Crippen molar-refractivity contribution in [3.05, 3.63) is 84.7 Å². The molecule has 0 spiro atoms. The summed E-state index contributed by atoms with van der Waals surface area (Å²) >= 11 is 0. The van der Waals surface area contributed by atoms with Gasteiger partial charge in [0.2, 0.25) is 5.91 Å². The normalized spacial score (nSPS) is 14.8. The highest BCUT2D eigenvalue weighted by Crippen LogP contribution is 2.20. The van der Waals surface area contributed by atoms with Gasteiger partial charge in [0.25, 0.3) is 0 Å². The molecule has 1 aliphatic rings. The van der Waals surface area contributed by atoms with Crippen molar-refractivity contribution in [1.82, 2.24) is 19.4 Å². The lowest BCUT2D eigenvalue weighted by Gasteiger charge is -2.32. The van der Waals surface area contributed by atoms with Crippen molar-refractivity contribution >= 4 is 28.3 Å². The summed E-state index contributed by atoms with van der Waals surface area (Å²) in [5, 5.41) is 3.47. The van der Waals surface area contributed by atoms with Gasteiger partial charge in [-0.1, -0.05) is 24.3 Å². The summed E-state index contributed by atoms with van der Waals surface area (Å²) in [6, 6.07) is 24.7. The molecule has 0 bridgehead atoms. The molecule has 1 aliphatic heterocycles. The van der Waals surface area contributed by atoms with E-state index in [1.165, 1.54) is 5.56 Å². The van der Waals surface area contributed by atoms with Crippen LogP contribution in [-0.4, -0.2) is 72.1 Å². The van der Waals surface area contributed by atoms with Crippen LogP contribution in [0.3, 0.4) is 0 Å². The number of rotatable bonds is 7. The van der Waals surface area contributed by atoms with Crippen molar-refractivity contribution < 1.29 is 4.79 Å². The summed E-state index contributed by atoms with van der Waals surface area (Å²) in [7, 11) is 3.98. The van der Waals surface area contributed by atoms with Crippen LogP contribution in [0.1, 0.15) is 5.56 Å². The van der Waals surface area contributed by atoms with Gasteiger partial charge in [-0.25, -0.2) is 4.98 Å². The van der Waals surface area contributed by atoms with E-state index in [4.69, 9.17) is 0 Å². The van der Waals surface area contributed by atoms with E-state index in [-0.39, 0.29) is 5.91 Å². The van der Waals surface area contributed by atoms with Gasteiger partial charge in [-0.2, -0.15) is 0 Å². The van der Waals surface area contributed by atoms with Crippen LogP contribution >= 0.6 is 0 Å². The lowest BCUT2D eigenvalue weighted by molar-refractivity contribution is -0.119. The van der Waals surface area contributed by atoms with Gasteiger partial charge < -0.3 is 15.1 Å². The molecule has 1 aromatic heterocycles. The number of amides is 1. The van der Waals surface area contributed by atoms with Crippen LogP contribution in [0.15, 0.2) is 79.1 Å². The van der Waals surface area contributed by atoms with Gasteiger partial charge in [-0.3, -0.25) is 14.3 Å². The Morgan fingerprint density at radius 3 is 2.40 bits per heavy atom. The van der Waals surface area contributed by atoms with Gasteiger partial charge in [-0.05, 0) is 61.1 Å². The SMILES string of the molecule is CN1CCN(CC(=O)N(C)c2ccc(NCc3ccc(-n4cnc5ccccc54)cc3)cc2)CC1. The summed E-state index contributed by atoms with van der Waals surface area (Å²) in [5.74, 6) is 0.126. The third-order valence-corrected chi connectivity index (χ3v) is 6.75. The van der Waals surface area contributed by atoms with Crippen molar-refractivity contribution in [3.63, 3.8) is 0 Å². The fourth-order valence-corrected chi connectivity index (χ4v) is 4.39. The number of fused-ring (bicyclic) bond motifs is 1. The average Bonchev–Trinajstić information content (AvgIpc) is 3.33. The van der Waals surface area contributed by atoms with E-state index in [2.05, 4.69) is 62.0 Å². The summed E-state index contributed by atoms with van der Waals surface area (Å²) < 4.78 is 2.10. The highest BCUT2D eigenvalue weighted by atomic mass is 16.2. The van der Waals surface area contributed by atoms with Crippen molar-refractivity contribution in [1.29, 1.82) is 0 Å². The molecule has 0 unspecified atom stereocenters. The number of carbonyl (C=O) groups is 1. The maximum atomic E-state index is 12.7. The third-order valence-electron chi connectivity index (χ3n) is 6.75. The number of para-hydroxylation sites is 2. The number of carbonyl (C=O) groups excluding carboxylic acids is 1. The van der Waals surface area contributed by atoms with E-state index >= 15 is 0 Å². The fraction of sp³-hybridized carbons (Fsp3) is 0.286. The maximum absolute atomic E-state index is 12.7. The minimum Gasteiger partial charge on any atom is -0.381 e. The first-order valence-corrected chi connectivity index (χ1v) is 12.1. The first kappa shape index (κ1) is 23.1. The number of piperazine rings is 1. The van der Waals surface area contributed by atoms with E-state index in [1.807, 2.05) is 55.8 Å². The van der Waals surface area contributed by atoms with Crippen LogP contribution < -0.4 is 10.2 Å². The Morgan fingerprint density at radius 2 is 1.66 bits per heavy atom. The molecule has 7 heteroatoms. The maximum Gasteiger partial charge on any atom is 0.240 e. The van der Waals surface area contributed by atoms with E-state index < -0.39 is 0 Å². The largest absolute Gasteiger partial charge is 0.381 e. The average molecular weight is 469 g/mol.